The molecule has 5 heteroatoms. The van der Waals surface area contributed by atoms with Gasteiger partial charge in [-0.25, -0.2) is 0 Å². The van der Waals surface area contributed by atoms with Crippen LogP contribution in [-0.2, 0) is 17.8 Å². The third kappa shape index (κ3) is 3.61. The first kappa shape index (κ1) is 17.5. The highest BCUT2D eigenvalue weighted by Crippen LogP contribution is 2.39. The van der Waals surface area contributed by atoms with E-state index >= 15 is 0 Å². The molecule has 0 bridgehead atoms. The van der Waals surface area contributed by atoms with Crippen molar-refractivity contribution in [1.82, 2.24) is 9.80 Å². The molecule has 3 nitrogen and oxygen atoms in total. The van der Waals surface area contributed by atoms with Crippen LogP contribution in [0.25, 0.3) is 0 Å². The second kappa shape index (κ2) is 7.74. The van der Waals surface area contributed by atoms with E-state index in [9.17, 15) is 4.79 Å². The van der Waals surface area contributed by atoms with Gasteiger partial charge in [-0.05, 0) is 40.4 Å². The number of likely N-dealkylation sites (N-methyl/N-ethyl adjacent to an activating group) is 1. The fourth-order valence-corrected chi connectivity index (χ4v) is 5.34. The summed E-state index contributed by atoms with van der Waals surface area (Å²) in [7, 11) is 1.90. The molecule has 1 atom stereocenters. The van der Waals surface area contributed by atoms with E-state index in [1.54, 1.807) is 11.3 Å². The third-order valence-electron chi connectivity index (χ3n) is 4.91. The van der Waals surface area contributed by atoms with Crippen LogP contribution in [0.5, 0.6) is 0 Å². The van der Waals surface area contributed by atoms with E-state index in [1.807, 2.05) is 41.5 Å². The van der Waals surface area contributed by atoms with Gasteiger partial charge in [0.15, 0.2) is 0 Å². The third-order valence-corrected chi connectivity index (χ3v) is 6.83. The standard InChI is InChI=1S/C21H22N2OS2/c1-22(14-16-6-3-2-4-7-16)20(24)15-23-11-9-18-17(10-13-26-18)21(23)19-8-5-12-25-19/h2-8,10,12-13,21H,9,11,14-15H2,1H3/t21-/m0/s1. The Bertz CT molecular complexity index is 857. The summed E-state index contributed by atoms with van der Waals surface area (Å²) in [6.45, 7) is 2.04. The summed E-state index contributed by atoms with van der Waals surface area (Å²) in [4.78, 5) is 19.8. The Balaban J connectivity index is 1.50. The summed E-state index contributed by atoms with van der Waals surface area (Å²) in [5.74, 6) is 0.175. The molecule has 0 spiro atoms. The van der Waals surface area contributed by atoms with Gasteiger partial charge in [0.05, 0.1) is 12.6 Å². The van der Waals surface area contributed by atoms with Crippen molar-refractivity contribution in [2.45, 2.75) is 19.0 Å². The quantitative estimate of drug-likeness (QED) is 0.652. The molecule has 3 aromatic rings. The van der Waals surface area contributed by atoms with Crippen LogP contribution in [0, 0.1) is 0 Å². The molecule has 1 aliphatic heterocycles. The first-order valence-corrected chi connectivity index (χ1v) is 10.6. The lowest BCUT2D eigenvalue weighted by molar-refractivity contribution is -0.132. The van der Waals surface area contributed by atoms with E-state index in [0.717, 1.165) is 18.5 Å². The van der Waals surface area contributed by atoms with E-state index in [-0.39, 0.29) is 11.9 Å². The van der Waals surface area contributed by atoms with Crippen molar-refractivity contribution in [3.8, 4) is 0 Å². The lowest BCUT2D eigenvalue weighted by Gasteiger charge is -2.35. The van der Waals surface area contributed by atoms with Crippen LogP contribution >= 0.6 is 22.7 Å². The van der Waals surface area contributed by atoms with Gasteiger partial charge in [0.1, 0.15) is 0 Å². The highest BCUT2D eigenvalue weighted by atomic mass is 32.1. The molecule has 4 rings (SSSR count). The topological polar surface area (TPSA) is 23.6 Å². The largest absolute Gasteiger partial charge is 0.340 e. The van der Waals surface area contributed by atoms with Crippen LogP contribution in [0.3, 0.4) is 0 Å². The highest BCUT2D eigenvalue weighted by Gasteiger charge is 2.31. The zero-order valence-electron chi connectivity index (χ0n) is 14.8. The molecule has 0 aliphatic carbocycles. The summed E-state index contributed by atoms with van der Waals surface area (Å²) in [6, 6.07) is 16.9. The monoisotopic (exact) mass is 382 g/mol. The molecule has 0 saturated heterocycles. The van der Waals surface area contributed by atoms with Gasteiger partial charge in [0.2, 0.25) is 5.91 Å². The molecule has 0 unspecified atom stereocenters. The number of nitrogens with zero attached hydrogens (tertiary/aromatic N) is 2. The van der Waals surface area contributed by atoms with Crippen molar-refractivity contribution in [3.05, 3.63) is 80.2 Å². The van der Waals surface area contributed by atoms with E-state index < -0.39 is 0 Å². The average Bonchev–Trinajstić information content (AvgIpc) is 3.34. The Morgan fingerprint density at radius 1 is 1.12 bits per heavy atom. The second-order valence-corrected chi connectivity index (χ2v) is 8.65. The predicted octanol–water partition coefficient (Wildman–Crippen LogP) is 4.42. The summed E-state index contributed by atoms with van der Waals surface area (Å²) < 4.78 is 0. The van der Waals surface area contributed by atoms with Crippen molar-refractivity contribution >= 4 is 28.6 Å². The van der Waals surface area contributed by atoms with Crippen molar-refractivity contribution in [2.24, 2.45) is 0 Å². The molecular weight excluding hydrogens is 360 g/mol. The molecule has 1 amide bonds. The first-order chi connectivity index (χ1) is 12.7. The summed E-state index contributed by atoms with van der Waals surface area (Å²) in [6.07, 6.45) is 1.03. The van der Waals surface area contributed by atoms with Crippen molar-refractivity contribution in [2.75, 3.05) is 20.1 Å². The second-order valence-electron chi connectivity index (χ2n) is 6.67. The van der Waals surface area contributed by atoms with Crippen LogP contribution in [0.2, 0.25) is 0 Å². The minimum Gasteiger partial charge on any atom is -0.340 e. The zero-order valence-corrected chi connectivity index (χ0v) is 16.4. The zero-order chi connectivity index (χ0) is 17.9. The van der Waals surface area contributed by atoms with Gasteiger partial charge in [-0.3, -0.25) is 9.69 Å². The van der Waals surface area contributed by atoms with Crippen molar-refractivity contribution in [3.63, 3.8) is 0 Å². The number of fused-ring (bicyclic) bond motifs is 1. The highest BCUT2D eigenvalue weighted by molar-refractivity contribution is 7.10. The summed E-state index contributed by atoms with van der Waals surface area (Å²) in [5, 5.41) is 4.30. The average molecular weight is 383 g/mol. The fourth-order valence-electron chi connectivity index (χ4n) is 3.56. The molecule has 3 heterocycles. The molecule has 134 valence electrons. The van der Waals surface area contributed by atoms with E-state index in [2.05, 4.69) is 46.0 Å². The van der Waals surface area contributed by atoms with Gasteiger partial charge in [0, 0.05) is 29.9 Å². The lowest BCUT2D eigenvalue weighted by Crippen LogP contribution is -2.42. The normalized spacial score (nSPS) is 17.0. The smallest absolute Gasteiger partial charge is 0.236 e. The minimum atomic E-state index is 0.175. The van der Waals surface area contributed by atoms with Gasteiger partial charge in [-0.15, -0.1) is 22.7 Å². The maximum absolute atomic E-state index is 12.9. The molecule has 0 fully saturated rings. The Morgan fingerprint density at radius 2 is 1.96 bits per heavy atom. The Morgan fingerprint density at radius 3 is 2.73 bits per heavy atom. The summed E-state index contributed by atoms with van der Waals surface area (Å²) >= 11 is 3.61. The Labute approximate surface area is 162 Å². The van der Waals surface area contributed by atoms with E-state index in [1.165, 1.54) is 15.3 Å². The van der Waals surface area contributed by atoms with Crippen LogP contribution in [0.4, 0.5) is 0 Å². The minimum absolute atomic E-state index is 0.175. The predicted molar refractivity (Wildman–Crippen MR) is 109 cm³/mol. The number of carbonyl (C=O) groups is 1. The molecule has 26 heavy (non-hydrogen) atoms. The summed E-state index contributed by atoms with van der Waals surface area (Å²) in [5.41, 5.74) is 2.54. The van der Waals surface area contributed by atoms with E-state index in [0.29, 0.717) is 13.1 Å². The molecule has 1 aromatic carbocycles. The Hall–Kier alpha value is -1.95. The lowest BCUT2D eigenvalue weighted by atomic mass is 9.98. The molecule has 0 radical (unpaired) electrons. The van der Waals surface area contributed by atoms with Crippen molar-refractivity contribution in [1.29, 1.82) is 0 Å². The maximum Gasteiger partial charge on any atom is 0.236 e. The number of hydrogen-bond acceptors (Lipinski definition) is 4. The molecule has 2 aromatic heterocycles. The number of benzene rings is 1. The molecule has 1 aliphatic rings. The number of hydrogen-bond donors (Lipinski definition) is 0. The number of thiophene rings is 2. The van der Waals surface area contributed by atoms with Crippen LogP contribution < -0.4 is 0 Å². The van der Waals surface area contributed by atoms with Gasteiger partial charge in [-0.1, -0.05) is 36.4 Å². The Kier molecular flexibility index (Phi) is 5.20. The fraction of sp³-hybridized carbons (Fsp3) is 0.286. The maximum atomic E-state index is 12.9. The van der Waals surface area contributed by atoms with Crippen LogP contribution in [-0.4, -0.2) is 35.8 Å². The molecule has 0 saturated carbocycles. The van der Waals surface area contributed by atoms with Gasteiger partial charge in [0.25, 0.3) is 0 Å². The van der Waals surface area contributed by atoms with Gasteiger partial charge in [-0.2, -0.15) is 0 Å². The molecular formula is C21H22N2OS2. The first-order valence-electron chi connectivity index (χ1n) is 8.84. The van der Waals surface area contributed by atoms with Crippen LogP contribution in [0.1, 0.15) is 26.9 Å². The van der Waals surface area contributed by atoms with E-state index in [4.69, 9.17) is 0 Å². The SMILES string of the molecule is CN(Cc1ccccc1)C(=O)CN1CCc2sccc2[C@H]1c1cccs1. The van der Waals surface area contributed by atoms with Gasteiger partial charge < -0.3 is 4.90 Å². The van der Waals surface area contributed by atoms with Gasteiger partial charge >= 0.3 is 0 Å². The molecule has 0 N–H and O–H groups in total. The number of carbonyl (C=O) groups excluding carboxylic acids is 1. The van der Waals surface area contributed by atoms with Crippen molar-refractivity contribution < 1.29 is 4.79 Å². The number of rotatable bonds is 5. The number of amides is 1. The van der Waals surface area contributed by atoms with Crippen LogP contribution in [0.15, 0.2) is 59.3 Å².